The van der Waals surface area contributed by atoms with E-state index in [1.807, 2.05) is 12.3 Å². The number of nitrogens with one attached hydrogen (secondary N) is 1. The second-order valence-electron chi connectivity index (χ2n) is 6.91. The van der Waals surface area contributed by atoms with Gasteiger partial charge in [-0.2, -0.15) is 0 Å². The number of hydrogen-bond acceptors (Lipinski definition) is 5. The van der Waals surface area contributed by atoms with Crippen LogP contribution in [-0.2, 0) is 4.74 Å². The van der Waals surface area contributed by atoms with Crippen molar-refractivity contribution in [2.45, 2.75) is 18.9 Å². The molecule has 2 aliphatic heterocycles. The molecule has 26 heavy (non-hydrogen) atoms. The SMILES string of the molecule is Fc1cccc(N2CCC[C@H](Nc3cc(N4CCOCC4)ccn3)C2)c1. The molecule has 4 rings (SSSR count). The zero-order valence-electron chi connectivity index (χ0n) is 14.9. The first-order valence-electron chi connectivity index (χ1n) is 9.34. The van der Waals surface area contributed by atoms with Crippen LogP contribution in [0.1, 0.15) is 12.8 Å². The van der Waals surface area contributed by atoms with Gasteiger partial charge in [-0.25, -0.2) is 9.37 Å². The Morgan fingerprint density at radius 3 is 2.73 bits per heavy atom. The van der Waals surface area contributed by atoms with Crippen LogP contribution < -0.4 is 15.1 Å². The minimum absolute atomic E-state index is 0.183. The molecule has 138 valence electrons. The highest BCUT2D eigenvalue weighted by molar-refractivity contribution is 5.55. The highest BCUT2D eigenvalue weighted by Crippen LogP contribution is 2.24. The van der Waals surface area contributed by atoms with E-state index in [1.165, 1.54) is 11.8 Å². The van der Waals surface area contributed by atoms with E-state index < -0.39 is 0 Å². The predicted molar refractivity (Wildman–Crippen MR) is 103 cm³/mol. The maximum Gasteiger partial charge on any atom is 0.128 e. The molecule has 0 bridgehead atoms. The van der Waals surface area contributed by atoms with E-state index in [2.05, 4.69) is 32.2 Å². The van der Waals surface area contributed by atoms with Crippen LogP contribution in [0.25, 0.3) is 0 Å². The third kappa shape index (κ3) is 4.07. The molecule has 2 aromatic rings. The average molecular weight is 356 g/mol. The summed E-state index contributed by atoms with van der Waals surface area (Å²) in [4.78, 5) is 9.07. The van der Waals surface area contributed by atoms with Crippen LogP contribution >= 0.6 is 0 Å². The number of piperidine rings is 1. The zero-order chi connectivity index (χ0) is 17.8. The van der Waals surface area contributed by atoms with Gasteiger partial charge in [0.1, 0.15) is 11.6 Å². The summed E-state index contributed by atoms with van der Waals surface area (Å²) < 4.78 is 19.0. The number of morpholine rings is 1. The van der Waals surface area contributed by atoms with Crippen molar-refractivity contribution in [1.82, 2.24) is 4.98 Å². The second kappa shape index (κ2) is 7.91. The molecule has 6 heteroatoms. The lowest BCUT2D eigenvalue weighted by atomic mass is 10.0. The van der Waals surface area contributed by atoms with Gasteiger partial charge in [0, 0.05) is 55.9 Å². The Hall–Kier alpha value is -2.34. The van der Waals surface area contributed by atoms with Gasteiger partial charge >= 0.3 is 0 Å². The van der Waals surface area contributed by atoms with Crippen LogP contribution in [0, 0.1) is 5.82 Å². The number of benzene rings is 1. The number of rotatable bonds is 4. The summed E-state index contributed by atoms with van der Waals surface area (Å²) in [5.74, 6) is 0.720. The monoisotopic (exact) mass is 356 g/mol. The molecule has 2 saturated heterocycles. The van der Waals surface area contributed by atoms with Crippen molar-refractivity contribution < 1.29 is 9.13 Å². The topological polar surface area (TPSA) is 40.6 Å². The molecule has 0 amide bonds. The third-order valence-electron chi connectivity index (χ3n) is 5.07. The number of halogens is 1. The molecule has 0 aliphatic carbocycles. The lowest BCUT2D eigenvalue weighted by molar-refractivity contribution is 0.122. The molecular formula is C20H25FN4O. The molecule has 0 spiro atoms. The standard InChI is InChI=1S/C20H25FN4O/c21-16-3-1-5-18(13-16)25-8-2-4-17(15-25)23-20-14-19(6-7-22-20)24-9-11-26-12-10-24/h1,3,5-7,13-14,17H,2,4,8-12,15H2,(H,22,23)/t17-/m0/s1. The summed E-state index contributed by atoms with van der Waals surface area (Å²) in [5.41, 5.74) is 2.13. The van der Waals surface area contributed by atoms with Crippen LogP contribution in [0.4, 0.5) is 21.6 Å². The minimum Gasteiger partial charge on any atom is -0.378 e. The Labute approximate surface area is 153 Å². The molecule has 3 heterocycles. The second-order valence-corrected chi connectivity index (χ2v) is 6.91. The fraction of sp³-hybridized carbons (Fsp3) is 0.450. The Bertz CT molecular complexity index is 735. The molecule has 1 aromatic heterocycles. The van der Waals surface area contributed by atoms with Crippen LogP contribution in [0.15, 0.2) is 42.6 Å². The van der Waals surface area contributed by atoms with E-state index in [1.54, 1.807) is 12.1 Å². The summed E-state index contributed by atoms with van der Waals surface area (Å²) >= 11 is 0. The predicted octanol–water partition coefficient (Wildman–Crippen LogP) is 3.14. The van der Waals surface area contributed by atoms with Crippen LogP contribution in [0.3, 0.4) is 0 Å². The van der Waals surface area contributed by atoms with Gasteiger partial charge in [0.2, 0.25) is 0 Å². The number of hydrogen-bond donors (Lipinski definition) is 1. The van der Waals surface area contributed by atoms with Crippen LogP contribution in [-0.4, -0.2) is 50.4 Å². The van der Waals surface area contributed by atoms with Gasteiger partial charge in [-0.1, -0.05) is 6.07 Å². The molecule has 2 aliphatic rings. The third-order valence-corrected chi connectivity index (χ3v) is 5.07. The van der Waals surface area contributed by atoms with Crippen molar-refractivity contribution in [1.29, 1.82) is 0 Å². The van der Waals surface area contributed by atoms with Gasteiger partial charge in [-0.3, -0.25) is 0 Å². The van der Waals surface area contributed by atoms with E-state index in [4.69, 9.17) is 4.74 Å². The lowest BCUT2D eigenvalue weighted by Crippen LogP contribution is -2.42. The Kier molecular flexibility index (Phi) is 5.20. The molecule has 0 saturated carbocycles. The lowest BCUT2D eigenvalue weighted by Gasteiger charge is -2.35. The largest absolute Gasteiger partial charge is 0.378 e. The van der Waals surface area contributed by atoms with Crippen LogP contribution in [0.5, 0.6) is 0 Å². The molecule has 0 radical (unpaired) electrons. The van der Waals surface area contributed by atoms with Gasteiger partial charge in [0.25, 0.3) is 0 Å². The number of ether oxygens (including phenoxy) is 1. The van der Waals surface area contributed by atoms with E-state index in [0.717, 1.165) is 63.7 Å². The fourth-order valence-corrected chi connectivity index (χ4v) is 3.73. The maximum atomic E-state index is 13.5. The first-order valence-corrected chi connectivity index (χ1v) is 9.34. The Balaban J connectivity index is 1.42. The molecule has 1 N–H and O–H groups in total. The smallest absolute Gasteiger partial charge is 0.128 e. The molecule has 1 aromatic carbocycles. The highest BCUT2D eigenvalue weighted by atomic mass is 19.1. The van der Waals surface area contributed by atoms with Gasteiger partial charge in [-0.05, 0) is 37.1 Å². The van der Waals surface area contributed by atoms with E-state index in [0.29, 0.717) is 6.04 Å². The Morgan fingerprint density at radius 1 is 1.04 bits per heavy atom. The molecule has 2 fully saturated rings. The van der Waals surface area contributed by atoms with Gasteiger partial charge < -0.3 is 19.9 Å². The van der Waals surface area contributed by atoms with E-state index >= 15 is 0 Å². The first kappa shape index (κ1) is 17.1. The summed E-state index contributed by atoms with van der Waals surface area (Å²) in [7, 11) is 0. The molecule has 5 nitrogen and oxygen atoms in total. The van der Waals surface area contributed by atoms with E-state index in [9.17, 15) is 4.39 Å². The zero-order valence-corrected chi connectivity index (χ0v) is 14.9. The first-order chi connectivity index (χ1) is 12.8. The average Bonchev–Trinajstić information content (AvgIpc) is 2.69. The summed E-state index contributed by atoms with van der Waals surface area (Å²) in [6, 6.07) is 11.3. The quantitative estimate of drug-likeness (QED) is 0.911. The van der Waals surface area contributed by atoms with Crippen LogP contribution in [0.2, 0.25) is 0 Å². The van der Waals surface area contributed by atoms with Crippen molar-refractivity contribution in [3.8, 4) is 0 Å². The van der Waals surface area contributed by atoms with Crippen molar-refractivity contribution in [2.24, 2.45) is 0 Å². The fourth-order valence-electron chi connectivity index (χ4n) is 3.73. The van der Waals surface area contributed by atoms with E-state index in [-0.39, 0.29) is 5.82 Å². The summed E-state index contributed by atoms with van der Waals surface area (Å²) in [6.45, 7) is 5.20. The number of anilines is 3. The van der Waals surface area contributed by atoms with Crippen molar-refractivity contribution in [3.63, 3.8) is 0 Å². The van der Waals surface area contributed by atoms with Crippen molar-refractivity contribution in [3.05, 3.63) is 48.4 Å². The Morgan fingerprint density at radius 2 is 1.88 bits per heavy atom. The normalized spacial score (nSPS) is 20.9. The molecular weight excluding hydrogens is 331 g/mol. The summed E-state index contributed by atoms with van der Waals surface area (Å²) in [5, 5.41) is 3.57. The number of pyridine rings is 1. The van der Waals surface area contributed by atoms with Crippen molar-refractivity contribution in [2.75, 3.05) is 54.5 Å². The number of aromatic nitrogens is 1. The summed E-state index contributed by atoms with van der Waals surface area (Å²) in [6.07, 6.45) is 4.03. The van der Waals surface area contributed by atoms with Gasteiger partial charge in [0.15, 0.2) is 0 Å². The van der Waals surface area contributed by atoms with Gasteiger partial charge in [-0.15, -0.1) is 0 Å². The van der Waals surface area contributed by atoms with Crippen molar-refractivity contribution >= 4 is 17.2 Å². The minimum atomic E-state index is -0.183. The number of nitrogens with zero attached hydrogens (tertiary/aromatic N) is 3. The highest BCUT2D eigenvalue weighted by Gasteiger charge is 2.21. The van der Waals surface area contributed by atoms with Gasteiger partial charge in [0.05, 0.1) is 13.2 Å². The molecule has 0 unspecified atom stereocenters. The maximum absolute atomic E-state index is 13.5. The molecule has 1 atom stereocenters.